The Morgan fingerprint density at radius 3 is 2.53 bits per heavy atom. The largest absolute Gasteiger partial charge is 0.472 e. The van der Waals surface area contributed by atoms with Gasteiger partial charge >= 0.3 is 11.7 Å². The maximum absolute atomic E-state index is 11.3. The predicted molar refractivity (Wildman–Crippen MR) is 66.6 cm³/mol. The number of carboxylic acids is 1. The highest BCUT2D eigenvalue weighted by atomic mass is 16.5. The van der Waals surface area contributed by atoms with Gasteiger partial charge < -0.3 is 15.4 Å². The Morgan fingerprint density at radius 1 is 1.26 bits per heavy atom. The number of ether oxygens (including phenoxy) is 1. The first-order valence-corrected chi connectivity index (χ1v) is 5.75. The van der Waals surface area contributed by atoms with Crippen LogP contribution in [0.5, 0.6) is 0 Å². The van der Waals surface area contributed by atoms with Crippen molar-refractivity contribution in [3.63, 3.8) is 0 Å². The third kappa shape index (κ3) is 5.25. The number of Topliss-reactive ketones (excluding diaryl/α,β-unsaturated/α-hetero) is 1. The molecule has 1 aromatic carbocycles. The summed E-state index contributed by atoms with van der Waals surface area (Å²) < 4.78 is 5.34. The highest BCUT2D eigenvalue weighted by Crippen LogP contribution is 2.02. The van der Waals surface area contributed by atoms with E-state index in [-0.39, 0.29) is 6.42 Å². The van der Waals surface area contributed by atoms with Crippen LogP contribution in [0, 0.1) is 0 Å². The molecule has 0 aliphatic heterocycles. The highest BCUT2D eigenvalue weighted by Gasteiger charge is 2.27. The molecule has 1 N–H and O–H groups in total. The van der Waals surface area contributed by atoms with Crippen molar-refractivity contribution < 1.29 is 24.2 Å². The molecule has 19 heavy (non-hydrogen) atoms. The Bertz CT molecular complexity index is 493. The molecule has 0 atom stereocenters. The Morgan fingerprint density at radius 2 is 1.95 bits per heavy atom. The van der Waals surface area contributed by atoms with Crippen LogP contribution in [0.15, 0.2) is 30.3 Å². The standard InChI is InChI=1S/C13H14N2O4/c14-15-12(13(17)18)11(16)7-4-8-19-9-10-5-2-1-3-6-10/h1-3,5-6H,4,7-9H2,(H,17,18). The van der Waals surface area contributed by atoms with Gasteiger partial charge in [0.25, 0.3) is 5.78 Å². The molecular weight excluding hydrogens is 248 g/mol. The molecule has 0 aliphatic carbocycles. The first-order chi connectivity index (χ1) is 9.15. The highest BCUT2D eigenvalue weighted by molar-refractivity contribution is 6.61. The molecule has 100 valence electrons. The van der Waals surface area contributed by atoms with Gasteiger partial charge in [-0.1, -0.05) is 30.3 Å². The molecule has 0 aliphatic rings. The number of hydrogen-bond donors (Lipinski definition) is 1. The number of ketones is 1. The minimum atomic E-state index is -1.53. The maximum Gasteiger partial charge on any atom is 0.441 e. The topological polar surface area (TPSA) is 100 Å². The first-order valence-electron chi connectivity index (χ1n) is 5.75. The molecule has 1 aromatic rings. The van der Waals surface area contributed by atoms with E-state index in [2.05, 4.69) is 4.79 Å². The molecule has 6 nitrogen and oxygen atoms in total. The van der Waals surface area contributed by atoms with Crippen LogP contribution in [0.3, 0.4) is 0 Å². The second-order valence-electron chi connectivity index (χ2n) is 3.82. The molecule has 0 aromatic heterocycles. The van der Waals surface area contributed by atoms with E-state index >= 15 is 0 Å². The van der Waals surface area contributed by atoms with Crippen LogP contribution < -0.4 is 0 Å². The average molecular weight is 262 g/mol. The summed E-state index contributed by atoms with van der Waals surface area (Å²) in [5, 5.41) is 8.55. The van der Waals surface area contributed by atoms with Gasteiger partial charge in [-0.3, -0.25) is 4.79 Å². The van der Waals surface area contributed by atoms with Crippen molar-refractivity contribution in [1.82, 2.24) is 0 Å². The average Bonchev–Trinajstić information content (AvgIpc) is 2.40. The monoisotopic (exact) mass is 262 g/mol. The lowest BCUT2D eigenvalue weighted by molar-refractivity contribution is -0.136. The van der Waals surface area contributed by atoms with E-state index in [1.807, 2.05) is 30.3 Å². The van der Waals surface area contributed by atoms with Crippen LogP contribution in [0.1, 0.15) is 18.4 Å². The third-order valence-electron chi connectivity index (χ3n) is 2.37. The van der Waals surface area contributed by atoms with Crippen molar-refractivity contribution in [2.75, 3.05) is 6.61 Å². The summed E-state index contributed by atoms with van der Waals surface area (Å²) in [7, 11) is 0. The molecule has 0 unspecified atom stereocenters. The van der Waals surface area contributed by atoms with Crippen molar-refractivity contribution in [2.45, 2.75) is 19.4 Å². The lowest BCUT2D eigenvalue weighted by atomic mass is 10.1. The minimum Gasteiger partial charge on any atom is -0.472 e. The zero-order valence-corrected chi connectivity index (χ0v) is 10.3. The third-order valence-corrected chi connectivity index (χ3v) is 2.37. The number of rotatable bonds is 8. The summed E-state index contributed by atoms with van der Waals surface area (Å²) in [4.78, 5) is 24.3. The SMILES string of the molecule is [N-]=[N+]=C(C(=O)O)C(=O)CCCOCc1ccccc1. The van der Waals surface area contributed by atoms with Crippen molar-refractivity contribution in [3.05, 3.63) is 41.4 Å². The summed E-state index contributed by atoms with van der Waals surface area (Å²) >= 11 is 0. The van der Waals surface area contributed by atoms with Gasteiger partial charge in [0.05, 0.1) is 6.61 Å². The Hall–Kier alpha value is -2.30. The molecular formula is C13H14N2O4. The molecule has 0 fully saturated rings. The van der Waals surface area contributed by atoms with Gasteiger partial charge in [0.15, 0.2) is 0 Å². The van der Waals surface area contributed by atoms with E-state index in [9.17, 15) is 9.59 Å². The van der Waals surface area contributed by atoms with E-state index in [0.29, 0.717) is 19.6 Å². The normalized spacial score (nSPS) is 9.68. The van der Waals surface area contributed by atoms with Gasteiger partial charge in [-0.05, 0) is 12.0 Å². The molecule has 0 saturated carbocycles. The van der Waals surface area contributed by atoms with Crippen molar-refractivity contribution in [2.24, 2.45) is 0 Å². The van der Waals surface area contributed by atoms with Gasteiger partial charge in [-0.2, -0.15) is 4.79 Å². The Labute approximate surface area is 110 Å². The van der Waals surface area contributed by atoms with Gasteiger partial charge in [0.2, 0.25) is 0 Å². The molecule has 0 saturated heterocycles. The number of nitrogens with zero attached hydrogens (tertiary/aromatic N) is 2. The van der Waals surface area contributed by atoms with Gasteiger partial charge in [-0.15, -0.1) is 0 Å². The molecule has 1 rings (SSSR count). The summed E-state index contributed by atoms with van der Waals surface area (Å²) in [6.45, 7) is 0.772. The minimum absolute atomic E-state index is 0.0273. The second-order valence-corrected chi connectivity index (χ2v) is 3.82. The van der Waals surface area contributed by atoms with Gasteiger partial charge in [0.1, 0.15) is 0 Å². The van der Waals surface area contributed by atoms with Crippen LogP contribution >= 0.6 is 0 Å². The fourth-order valence-electron chi connectivity index (χ4n) is 1.44. The molecule has 0 heterocycles. The maximum atomic E-state index is 11.3. The number of carbonyl (C=O) groups is 2. The lowest BCUT2D eigenvalue weighted by Gasteiger charge is -2.02. The number of benzene rings is 1. The molecule has 0 radical (unpaired) electrons. The zero-order chi connectivity index (χ0) is 14.1. The van der Waals surface area contributed by atoms with Crippen LogP contribution in [0.25, 0.3) is 5.53 Å². The van der Waals surface area contributed by atoms with E-state index in [1.54, 1.807) is 0 Å². The quantitative estimate of drug-likeness (QED) is 0.251. The molecule has 6 heteroatoms. The van der Waals surface area contributed by atoms with E-state index < -0.39 is 17.5 Å². The fraction of sp³-hybridized carbons (Fsp3) is 0.308. The number of aliphatic carboxylic acids is 1. The van der Waals surface area contributed by atoms with Crippen molar-refractivity contribution in [3.8, 4) is 0 Å². The number of carboxylic acid groups (broad SMARTS) is 1. The van der Waals surface area contributed by atoms with Crippen LogP contribution in [-0.4, -0.2) is 34.0 Å². The van der Waals surface area contributed by atoms with E-state index in [1.165, 1.54) is 0 Å². The zero-order valence-electron chi connectivity index (χ0n) is 10.3. The van der Waals surface area contributed by atoms with Crippen LogP contribution in [0.2, 0.25) is 0 Å². The Kier molecular flexibility index (Phi) is 6.15. The smallest absolute Gasteiger partial charge is 0.441 e. The van der Waals surface area contributed by atoms with Gasteiger partial charge in [0, 0.05) is 13.0 Å². The van der Waals surface area contributed by atoms with Crippen LogP contribution in [-0.2, 0) is 20.9 Å². The fourth-order valence-corrected chi connectivity index (χ4v) is 1.44. The summed E-state index contributed by atoms with van der Waals surface area (Å²) in [5.41, 5.74) is 8.55. The second kappa shape index (κ2) is 7.92. The van der Waals surface area contributed by atoms with Gasteiger partial charge in [-0.25, -0.2) is 4.79 Å². The number of hydrogen-bond acceptors (Lipinski definition) is 3. The summed E-state index contributed by atoms with van der Waals surface area (Å²) in [6, 6.07) is 9.56. The molecule has 0 amide bonds. The first kappa shape index (κ1) is 14.8. The number of carbonyl (C=O) groups excluding carboxylic acids is 1. The lowest BCUT2D eigenvalue weighted by Crippen LogP contribution is -2.24. The van der Waals surface area contributed by atoms with Crippen molar-refractivity contribution in [1.29, 1.82) is 0 Å². The van der Waals surface area contributed by atoms with Crippen molar-refractivity contribution >= 4 is 17.5 Å². The van der Waals surface area contributed by atoms with E-state index in [4.69, 9.17) is 15.4 Å². The summed E-state index contributed by atoms with van der Waals surface area (Å²) in [5.74, 6) is -2.24. The summed E-state index contributed by atoms with van der Waals surface area (Å²) in [6.07, 6.45) is 0.346. The molecule has 0 spiro atoms. The Balaban J connectivity index is 2.23. The van der Waals surface area contributed by atoms with Crippen LogP contribution in [0.4, 0.5) is 0 Å². The molecule has 0 bridgehead atoms. The predicted octanol–water partition coefficient (Wildman–Crippen LogP) is 1.31. The van der Waals surface area contributed by atoms with E-state index in [0.717, 1.165) is 5.56 Å².